The van der Waals surface area contributed by atoms with E-state index in [0.29, 0.717) is 36.9 Å². The van der Waals surface area contributed by atoms with Gasteiger partial charge in [-0.3, -0.25) is 4.57 Å². The van der Waals surface area contributed by atoms with Crippen molar-refractivity contribution in [3.63, 3.8) is 0 Å². The standard InChI is InChI=1S/C23H26N6O2/c1-30-14-15-31-23-27-20(24)19-21(28-23)29(16-18-10-6-3-7-11-18)22(26-19)25-13-12-17-8-4-2-5-9-17/h2-11H,12-16H2,1H3,(H,25,26)(H2,24,27,28). The van der Waals surface area contributed by atoms with Crippen molar-refractivity contribution in [2.45, 2.75) is 13.0 Å². The number of nitrogens with one attached hydrogen (secondary N) is 1. The highest BCUT2D eigenvalue weighted by Crippen LogP contribution is 2.25. The van der Waals surface area contributed by atoms with Gasteiger partial charge >= 0.3 is 6.01 Å². The topological polar surface area (TPSA) is 100 Å². The summed E-state index contributed by atoms with van der Waals surface area (Å²) in [5, 5.41) is 3.44. The van der Waals surface area contributed by atoms with Crippen molar-refractivity contribution >= 4 is 22.9 Å². The predicted molar refractivity (Wildman–Crippen MR) is 121 cm³/mol. The maximum absolute atomic E-state index is 6.19. The summed E-state index contributed by atoms with van der Waals surface area (Å²) in [5.74, 6) is 0.986. The van der Waals surface area contributed by atoms with Crippen LogP contribution >= 0.6 is 0 Å². The van der Waals surface area contributed by atoms with Crippen LogP contribution in [-0.2, 0) is 17.7 Å². The van der Waals surface area contributed by atoms with Crippen LogP contribution in [0.5, 0.6) is 6.01 Å². The van der Waals surface area contributed by atoms with E-state index in [1.165, 1.54) is 5.56 Å². The molecule has 0 saturated heterocycles. The second kappa shape index (κ2) is 9.90. The minimum absolute atomic E-state index is 0.215. The molecular weight excluding hydrogens is 392 g/mol. The Labute approximate surface area is 181 Å². The molecule has 0 spiro atoms. The first-order valence-electron chi connectivity index (χ1n) is 10.2. The Morgan fingerprint density at radius 2 is 1.61 bits per heavy atom. The normalized spacial score (nSPS) is 11.0. The average Bonchev–Trinajstić information content (AvgIpc) is 3.13. The Balaban J connectivity index is 1.64. The first-order chi connectivity index (χ1) is 15.2. The SMILES string of the molecule is COCCOc1nc(N)c2nc(NCCc3ccccc3)n(Cc3ccccc3)c2n1. The molecular formula is C23H26N6O2. The van der Waals surface area contributed by atoms with E-state index in [2.05, 4.69) is 39.6 Å². The molecule has 0 unspecified atom stereocenters. The minimum atomic E-state index is 0.215. The molecule has 0 aliphatic heterocycles. The fourth-order valence-corrected chi connectivity index (χ4v) is 3.30. The van der Waals surface area contributed by atoms with Crippen molar-refractivity contribution in [2.24, 2.45) is 0 Å². The zero-order valence-electron chi connectivity index (χ0n) is 17.5. The summed E-state index contributed by atoms with van der Waals surface area (Å²) in [6.07, 6.45) is 0.877. The number of methoxy groups -OCH3 is 1. The fourth-order valence-electron chi connectivity index (χ4n) is 3.30. The lowest BCUT2D eigenvalue weighted by molar-refractivity contribution is 0.141. The summed E-state index contributed by atoms with van der Waals surface area (Å²) in [7, 11) is 1.62. The largest absolute Gasteiger partial charge is 0.461 e. The molecule has 0 bridgehead atoms. The molecule has 2 aromatic carbocycles. The third-order valence-corrected chi connectivity index (χ3v) is 4.84. The number of hydrogen-bond donors (Lipinski definition) is 2. The molecule has 0 aliphatic carbocycles. The number of benzene rings is 2. The molecule has 0 saturated carbocycles. The summed E-state index contributed by atoms with van der Waals surface area (Å²) < 4.78 is 12.6. The van der Waals surface area contributed by atoms with Crippen LogP contribution < -0.4 is 15.8 Å². The predicted octanol–water partition coefficient (Wildman–Crippen LogP) is 3.14. The van der Waals surface area contributed by atoms with Crippen LogP contribution in [0.25, 0.3) is 11.2 Å². The van der Waals surface area contributed by atoms with Crippen LogP contribution in [0, 0.1) is 0 Å². The fraction of sp³-hybridized carbons (Fsp3) is 0.261. The van der Waals surface area contributed by atoms with Crippen LogP contribution in [0.3, 0.4) is 0 Å². The lowest BCUT2D eigenvalue weighted by atomic mass is 10.1. The van der Waals surface area contributed by atoms with Gasteiger partial charge < -0.3 is 20.5 Å². The number of fused-ring (bicyclic) bond motifs is 1. The third-order valence-electron chi connectivity index (χ3n) is 4.84. The van der Waals surface area contributed by atoms with Gasteiger partial charge in [0.05, 0.1) is 13.2 Å². The monoisotopic (exact) mass is 418 g/mol. The van der Waals surface area contributed by atoms with E-state index < -0.39 is 0 Å². The molecule has 4 rings (SSSR count). The van der Waals surface area contributed by atoms with Crippen molar-refractivity contribution in [2.75, 3.05) is 37.9 Å². The molecule has 31 heavy (non-hydrogen) atoms. The highest BCUT2D eigenvalue weighted by molar-refractivity contribution is 5.84. The van der Waals surface area contributed by atoms with Gasteiger partial charge in [-0.1, -0.05) is 60.7 Å². The maximum Gasteiger partial charge on any atom is 0.320 e. The number of hydrogen-bond acceptors (Lipinski definition) is 7. The van der Waals surface area contributed by atoms with Crippen molar-refractivity contribution < 1.29 is 9.47 Å². The van der Waals surface area contributed by atoms with Crippen LogP contribution in [0.15, 0.2) is 60.7 Å². The highest BCUT2D eigenvalue weighted by atomic mass is 16.5. The second-order valence-electron chi connectivity index (χ2n) is 7.07. The molecule has 0 fully saturated rings. The van der Waals surface area contributed by atoms with Crippen LogP contribution in [0.4, 0.5) is 11.8 Å². The third kappa shape index (κ3) is 5.10. The Morgan fingerprint density at radius 3 is 2.32 bits per heavy atom. The molecule has 0 atom stereocenters. The number of rotatable bonds is 10. The van der Waals surface area contributed by atoms with Gasteiger partial charge in [0.25, 0.3) is 0 Å². The summed E-state index contributed by atoms with van der Waals surface area (Å²) in [5.41, 5.74) is 9.76. The first-order valence-corrected chi connectivity index (χ1v) is 10.2. The van der Waals surface area contributed by atoms with Gasteiger partial charge in [-0.25, -0.2) is 4.98 Å². The van der Waals surface area contributed by atoms with Crippen molar-refractivity contribution in [3.05, 3.63) is 71.8 Å². The van der Waals surface area contributed by atoms with Crippen LogP contribution in [0.1, 0.15) is 11.1 Å². The Kier molecular flexibility index (Phi) is 6.59. The van der Waals surface area contributed by atoms with Crippen LogP contribution in [0.2, 0.25) is 0 Å². The quantitative estimate of drug-likeness (QED) is 0.382. The van der Waals surface area contributed by atoms with E-state index in [9.17, 15) is 0 Å². The van der Waals surface area contributed by atoms with Crippen molar-refractivity contribution in [1.29, 1.82) is 0 Å². The van der Waals surface area contributed by atoms with Gasteiger partial charge in [-0.05, 0) is 17.5 Å². The second-order valence-corrected chi connectivity index (χ2v) is 7.07. The van der Waals surface area contributed by atoms with E-state index in [1.807, 2.05) is 41.0 Å². The molecule has 8 nitrogen and oxygen atoms in total. The summed E-state index contributed by atoms with van der Waals surface area (Å²) in [6.45, 7) is 2.11. The zero-order chi connectivity index (χ0) is 21.5. The smallest absolute Gasteiger partial charge is 0.320 e. The van der Waals surface area contributed by atoms with E-state index in [-0.39, 0.29) is 11.8 Å². The van der Waals surface area contributed by atoms with Gasteiger partial charge in [-0.2, -0.15) is 9.97 Å². The first kappa shape index (κ1) is 20.6. The van der Waals surface area contributed by atoms with Crippen molar-refractivity contribution in [3.8, 4) is 6.01 Å². The lowest BCUT2D eigenvalue weighted by Crippen LogP contribution is -2.12. The van der Waals surface area contributed by atoms with Gasteiger partial charge in [-0.15, -0.1) is 0 Å². The lowest BCUT2D eigenvalue weighted by Gasteiger charge is -2.11. The summed E-state index contributed by atoms with van der Waals surface area (Å²) in [4.78, 5) is 13.5. The molecule has 0 radical (unpaired) electrons. The number of anilines is 2. The van der Waals surface area contributed by atoms with E-state index in [0.717, 1.165) is 18.5 Å². The average molecular weight is 419 g/mol. The Hall–Kier alpha value is -3.65. The van der Waals surface area contributed by atoms with Gasteiger partial charge in [0.2, 0.25) is 5.95 Å². The molecule has 0 amide bonds. The minimum Gasteiger partial charge on any atom is -0.461 e. The molecule has 8 heteroatoms. The Morgan fingerprint density at radius 1 is 0.903 bits per heavy atom. The molecule has 0 aliphatic rings. The number of nitrogens with two attached hydrogens (primary N) is 1. The highest BCUT2D eigenvalue weighted by Gasteiger charge is 2.17. The number of nitrogen functional groups attached to an aromatic ring is 1. The van der Waals surface area contributed by atoms with E-state index >= 15 is 0 Å². The van der Waals surface area contributed by atoms with Gasteiger partial charge in [0.1, 0.15) is 6.61 Å². The van der Waals surface area contributed by atoms with Gasteiger partial charge in [0.15, 0.2) is 17.0 Å². The van der Waals surface area contributed by atoms with Crippen molar-refractivity contribution in [1.82, 2.24) is 19.5 Å². The molecule has 2 aromatic heterocycles. The van der Waals surface area contributed by atoms with Crippen LogP contribution in [-0.4, -0.2) is 46.4 Å². The maximum atomic E-state index is 6.19. The molecule has 160 valence electrons. The molecule has 3 N–H and O–H groups in total. The summed E-state index contributed by atoms with van der Waals surface area (Å²) in [6, 6.07) is 20.7. The van der Waals surface area contributed by atoms with E-state index in [1.54, 1.807) is 7.11 Å². The number of nitrogens with zero attached hydrogens (tertiary/aromatic N) is 4. The number of ether oxygens (including phenoxy) is 2. The summed E-state index contributed by atoms with van der Waals surface area (Å²) >= 11 is 0. The number of aromatic nitrogens is 4. The zero-order valence-corrected chi connectivity index (χ0v) is 17.5. The Bertz CT molecular complexity index is 1120. The molecule has 2 heterocycles. The number of imidazole rings is 1. The van der Waals surface area contributed by atoms with Gasteiger partial charge in [0, 0.05) is 13.7 Å². The van der Waals surface area contributed by atoms with E-state index in [4.69, 9.17) is 20.2 Å². The molecule has 4 aromatic rings.